The molecule has 2 aromatic rings. The zero-order valence-electron chi connectivity index (χ0n) is 10.6. The first kappa shape index (κ1) is 12.6. The molecule has 0 aliphatic heterocycles. The molecule has 0 saturated carbocycles. The van der Waals surface area contributed by atoms with Gasteiger partial charge in [-0.3, -0.25) is 4.98 Å². The second-order valence-corrected chi connectivity index (χ2v) is 4.14. The summed E-state index contributed by atoms with van der Waals surface area (Å²) < 4.78 is 10.7. The third-order valence-corrected chi connectivity index (χ3v) is 2.72. The van der Waals surface area contributed by atoms with Crippen LogP contribution in [-0.4, -0.2) is 16.7 Å². The minimum Gasteiger partial charge on any atom is -0.492 e. The Labute approximate surface area is 106 Å². The van der Waals surface area contributed by atoms with Crippen molar-refractivity contribution in [1.82, 2.24) is 4.98 Å². The van der Waals surface area contributed by atoms with Crippen molar-refractivity contribution in [2.45, 2.75) is 26.4 Å². The molecule has 0 radical (unpaired) electrons. The molecule has 0 fully saturated rings. The lowest BCUT2D eigenvalue weighted by Gasteiger charge is -2.11. The van der Waals surface area contributed by atoms with E-state index in [1.54, 1.807) is 30.8 Å². The minimum atomic E-state index is -0.735. The molecule has 18 heavy (non-hydrogen) atoms. The molecule has 0 saturated heterocycles. The van der Waals surface area contributed by atoms with Crippen LogP contribution < -0.4 is 4.74 Å². The molecule has 1 unspecified atom stereocenters. The molecule has 4 heteroatoms. The number of pyridine rings is 1. The molecule has 2 heterocycles. The van der Waals surface area contributed by atoms with Gasteiger partial charge in [-0.1, -0.05) is 6.92 Å². The third kappa shape index (κ3) is 2.71. The Morgan fingerprint density at radius 3 is 2.94 bits per heavy atom. The van der Waals surface area contributed by atoms with E-state index in [0.717, 1.165) is 12.0 Å². The molecular formula is C14H17NO3. The Balaban J connectivity index is 2.20. The maximum atomic E-state index is 10.3. The fraction of sp³-hybridized carbons (Fsp3) is 0.357. The molecule has 0 bridgehead atoms. The van der Waals surface area contributed by atoms with Crippen molar-refractivity contribution >= 4 is 0 Å². The highest BCUT2D eigenvalue weighted by molar-refractivity contribution is 5.33. The molecule has 2 rings (SSSR count). The number of aliphatic hydroxyl groups excluding tert-OH is 1. The Morgan fingerprint density at radius 2 is 2.28 bits per heavy atom. The quantitative estimate of drug-likeness (QED) is 0.882. The maximum Gasteiger partial charge on any atom is 0.137 e. The van der Waals surface area contributed by atoms with Crippen LogP contribution in [0.2, 0.25) is 0 Å². The summed E-state index contributed by atoms with van der Waals surface area (Å²) in [5.74, 6) is 1.39. The first-order valence-corrected chi connectivity index (χ1v) is 6.02. The standard InChI is InChI=1S/C14H17NO3/c1-3-5-18-12-7-11(8-15-9-12)14(16)13-4-6-17-10(13)2/h4,6-9,14,16H,3,5H2,1-2H3. The summed E-state index contributed by atoms with van der Waals surface area (Å²) in [4.78, 5) is 4.08. The number of rotatable bonds is 5. The van der Waals surface area contributed by atoms with Crippen molar-refractivity contribution in [2.24, 2.45) is 0 Å². The largest absolute Gasteiger partial charge is 0.492 e. The minimum absolute atomic E-state index is 0.645. The smallest absolute Gasteiger partial charge is 0.137 e. The predicted molar refractivity (Wildman–Crippen MR) is 67.5 cm³/mol. The van der Waals surface area contributed by atoms with Crippen LogP contribution in [0.1, 0.15) is 36.3 Å². The molecule has 1 atom stereocenters. The monoisotopic (exact) mass is 247 g/mol. The fourth-order valence-corrected chi connectivity index (χ4v) is 1.74. The van der Waals surface area contributed by atoms with Gasteiger partial charge in [-0.05, 0) is 25.5 Å². The van der Waals surface area contributed by atoms with Crippen LogP contribution in [0.5, 0.6) is 5.75 Å². The molecule has 4 nitrogen and oxygen atoms in total. The first-order valence-electron chi connectivity index (χ1n) is 6.02. The van der Waals surface area contributed by atoms with Crippen LogP contribution in [-0.2, 0) is 0 Å². The summed E-state index contributed by atoms with van der Waals surface area (Å²) >= 11 is 0. The number of furan rings is 1. The summed E-state index contributed by atoms with van der Waals surface area (Å²) in [5.41, 5.74) is 1.46. The van der Waals surface area contributed by atoms with E-state index in [9.17, 15) is 5.11 Å². The van der Waals surface area contributed by atoms with Crippen LogP contribution in [0.4, 0.5) is 0 Å². The van der Waals surface area contributed by atoms with E-state index in [-0.39, 0.29) is 0 Å². The highest BCUT2D eigenvalue weighted by Gasteiger charge is 2.15. The van der Waals surface area contributed by atoms with E-state index in [0.29, 0.717) is 23.7 Å². The molecule has 0 amide bonds. The average molecular weight is 247 g/mol. The van der Waals surface area contributed by atoms with Crippen LogP contribution in [0, 0.1) is 6.92 Å². The van der Waals surface area contributed by atoms with Crippen molar-refractivity contribution in [1.29, 1.82) is 0 Å². The summed E-state index contributed by atoms with van der Waals surface area (Å²) in [7, 11) is 0. The van der Waals surface area contributed by atoms with E-state index in [2.05, 4.69) is 4.98 Å². The number of nitrogens with zero attached hydrogens (tertiary/aromatic N) is 1. The molecule has 1 N–H and O–H groups in total. The van der Waals surface area contributed by atoms with Gasteiger partial charge in [0.1, 0.15) is 17.6 Å². The Kier molecular flexibility index (Phi) is 3.99. The molecule has 2 aromatic heterocycles. The zero-order valence-corrected chi connectivity index (χ0v) is 10.6. The van der Waals surface area contributed by atoms with Crippen molar-refractivity contribution in [3.8, 4) is 5.75 Å². The summed E-state index contributed by atoms with van der Waals surface area (Å²) in [6, 6.07) is 3.57. The van der Waals surface area contributed by atoms with Gasteiger partial charge in [0.05, 0.1) is 19.1 Å². The summed E-state index contributed by atoms with van der Waals surface area (Å²) in [6.07, 6.45) is 5.05. The fourth-order valence-electron chi connectivity index (χ4n) is 1.74. The molecule has 0 aromatic carbocycles. The Bertz CT molecular complexity index is 507. The van der Waals surface area contributed by atoms with Gasteiger partial charge < -0.3 is 14.3 Å². The van der Waals surface area contributed by atoms with Gasteiger partial charge in [0.25, 0.3) is 0 Å². The van der Waals surface area contributed by atoms with E-state index in [1.165, 1.54) is 0 Å². The normalized spacial score (nSPS) is 12.4. The number of hydrogen-bond acceptors (Lipinski definition) is 4. The number of aryl methyl sites for hydroxylation is 1. The lowest BCUT2D eigenvalue weighted by Crippen LogP contribution is -2.02. The second kappa shape index (κ2) is 5.69. The topological polar surface area (TPSA) is 55.5 Å². The van der Waals surface area contributed by atoms with Gasteiger partial charge in [0.2, 0.25) is 0 Å². The third-order valence-electron chi connectivity index (χ3n) is 2.72. The lowest BCUT2D eigenvalue weighted by molar-refractivity contribution is 0.216. The van der Waals surface area contributed by atoms with Crippen molar-refractivity contribution in [3.63, 3.8) is 0 Å². The lowest BCUT2D eigenvalue weighted by atomic mass is 10.0. The van der Waals surface area contributed by atoms with Gasteiger partial charge in [-0.25, -0.2) is 0 Å². The van der Waals surface area contributed by atoms with Gasteiger partial charge >= 0.3 is 0 Å². The highest BCUT2D eigenvalue weighted by atomic mass is 16.5. The summed E-state index contributed by atoms with van der Waals surface area (Å²) in [5, 5.41) is 10.3. The van der Waals surface area contributed by atoms with E-state index >= 15 is 0 Å². The van der Waals surface area contributed by atoms with Gasteiger partial charge in [0, 0.05) is 17.3 Å². The average Bonchev–Trinajstić information content (AvgIpc) is 2.82. The molecule has 0 spiro atoms. The van der Waals surface area contributed by atoms with E-state index < -0.39 is 6.10 Å². The number of hydrogen-bond donors (Lipinski definition) is 1. The molecular weight excluding hydrogens is 230 g/mol. The van der Waals surface area contributed by atoms with Gasteiger partial charge in [-0.15, -0.1) is 0 Å². The first-order chi connectivity index (χ1) is 8.72. The molecule has 0 aliphatic rings. The number of aromatic nitrogens is 1. The van der Waals surface area contributed by atoms with E-state index in [1.807, 2.05) is 13.8 Å². The van der Waals surface area contributed by atoms with Crippen molar-refractivity contribution in [3.05, 3.63) is 47.7 Å². The predicted octanol–water partition coefficient (Wildman–Crippen LogP) is 2.85. The maximum absolute atomic E-state index is 10.3. The molecule has 0 aliphatic carbocycles. The van der Waals surface area contributed by atoms with Gasteiger partial charge in [-0.2, -0.15) is 0 Å². The van der Waals surface area contributed by atoms with Crippen LogP contribution in [0.15, 0.2) is 35.2 Å². The van der Waals surface area contributed by atoms with Crippen molar-refractivity contribution in [2.75, 3.05) is 6.61 Å². The van der Waals surface area contributed by atoms with Crippen LogP contribution >= 0.6 is 0 Å². The number of ether oxygens (including phenoxy) is 1. The zero-order chi connectivity index (χ0) is 13.0. The van der Waals surface area contributed by atoms with Gasteiger partial charge in [0.15, 0.2) is 0 Å². The van der Waals surface area contributed by atoms with Crippen LogP contribution in [0.3, 0.4) is 0 Å². The Morgan fingerprint density at radius 1 is 1.44 bits per heavy atom. The SMILES string of the molecule is CCCOc1cncc(C(O)c2ccoc2C)c1. The molecule has 96 valence electrons. The second-order valence-electron chi connectivity index (χ2n) is 4.14. The van der Waals surface area contributed by atoms with Crippen LogP contribution in [0.25, 0.3) is 0 Å². The Hall–Kier alpha value is -1.81. The van der Waals surface area contributed by atoms with Crippen molar-refractivity contribution < 1.29 is 14.3 Å². The summed E-state index contributed by atoms with van der Waals surface area (Å²) in [6.45, 7) is 4.51. The van der Waals surface area contributed by atoms with E-state index in [4.69, 9.17) is 9.15 Å². The number of aliphatic hydroxyl groups is 1. The highest BCUT2D eigenvalue weighted by Crippen LogP contribution is 2.26.